The Morgan fingerprint density at radius 3 is 2.18 bits per heavy atom. The van der Waals surface area contributed by atoms with Crippen molar-refractivity contribution >= 4 is 11.7 Å². The fourth-order valence-electron chi connectivity index (χ4n) is 1.41. The van der Waals surface area contributed by atoms with Crippen molar-refractivity contribution in [3.63, 3.8) is 0 Å². The Morgan fingerprint density at radius 2 is 1.71 bits per heavy atom. The summed E-state index contributed by atoms with van der Waals surface area (Å²) >= 11 is 0. The van der Waals surface area contributed by atoms with Crippen molar-refractivity contribution in [1.82, 2.24) is 0 Å². The molecule has 1 aromatic carbocycles. The van der Waals surface area contributed by atoms with Gasteiger partial charge in [-0.3, -0.25) is 0 Å². The van der Waals surface area contributed by atoms with Gasteiger partial charge in [-0.25, -0.2) is 4.79 Å². The number of anilines is 1. The molecule has 1 rings (SSSR count). The number of ether oxygens (including phenoxy) is 3. The topological polar surface area (TPSA) is 70.8 Å². The maximum absolute atomic E-state index is 11.9. The van der Waals surface area contributed by atoms with Crippen molar-refractivity contribution < 1.29 is 19.0 Å². The quantitative estimate of drug-likeness (QED) is 0.641. The average Bonchev–Trinajstić information content (AvgIpc) is 2.27. The highest BCUT2D eigenvalue weighted by molar-refractivity contribution is 5.99. The second-order valence-corrected chi connectivity index (χ2v) is 3.71. The van der Waals surface area contributed by atoms with Crippen LogP contribution in [0.5, 0.6) is 11.5 Å². The minimum absolute atomic E-state index is 0.195. The smallest absolute Gasteiger partial charge is 0.344 e. The molecule has 5 nitrogen and oxygen atoms in total. The zero-order valence-electron chi connectivity index (χ0n) is 10.4. The summed E-state index contributed by atoms with van der Waals surface area (Å²) in [5, 5.41) is 0. The minimum atomic E-state index is -0.520. The molecule has 0 spiro atoms. The number of methoxy groups -OCH3 is 2. The summed E-state index contributed by atoms with van der Waals surface area (Å²) in [5.41, 5.74) is 6.26. The largest absolute Gasteiger partial charge is 0.496 e. The third-order valence-electron chi connectivity index (χ3n) is 2.15. The van der Waals surface area contributed by atoms with E-state index in [2.05, 4.69) is 0 Å². The number of rotatable bonds is 4. The molecule has 1 aromatic rings. The van der Waals surface area contributed by atoms with E-state index in [1.165, 1.54) is 14.2 Å². The first-order chi connectivity index (χ1) is 8.01. The molecule has 0 fully saturated rings. The number of carbonyl (C=O) groups is 1. The van der Waals surface area contributed by atoms with Gasteiger partial charge in [-0.15, -0.1) is 0 Å². The molecule has 94 valence electrons. The zero-order chi connectivity index (χ0) is 13.0. The number of hydrogen-bond donors (Lipinski definition) is 1. The standard InChI is InChI=1S/C12H17NO4/c1-7(2)17-12(14)10-8(15-3)5-6-9(16-4)11(10)13/h5-7H,13H2,1-4H3. The fourth-order valence-corrected chi connectivity index (χ4v) is 1.41. The van der Waals surface area contributed by atoms with Crippen LogP contribution < -0.4 is 15.2 Å². The molecule has 0 aromatic heterocycles. The Hall–Kier alpha value is -1.91. The van der Waals surface area contributed by atoms with E-state index in [0.717, 1.165) is 0 Å². The predicted octanol–water partition coefficient (Wildman–Crippen LogP) is 1.85. The highest BCUT2D eigenvalue weighted by Gasteiger charge is 2.21. The van der Waals surface area contributed by atoms with Crippen LogP contribution in [0.4, 0.5) is 5.69 Å². The first-order valence-corrected chi connectivity index (χ1v) is 5.22. The molecule has 17 heavy (non-hydrogen) atoms. The Labute approximate surface area is 100 Å². The van der Waals surface area contributed by atoms with Crippen molar-refractivity contribution in [1.29, 1.82) is 0 Å². The van der Waals surface area contributed by atoms with Gasteiger partial charge in [-0.05, 0) is 26.0 Å². The molecule has 0 aliphatic carbocycles. The molecule has 2 N–H and O–H groups in total. The van der Waals surface area contributed by atoms with E-state index in [1.807, 2.05) is 0 Å². The summed E-state index contributed by atoms with van der Waals surface area (Å²) in [6.45, 7) is 3.53. The summed E-state index contributed by atoms with van der Waals surface area (Å²) < 4.78 is 15.2. The average molecular weight is 239 g/mol. The molecule has 0 saturated carbocycles. The van der Waals surface area contributed by atoms with Crippen molar-refractivity contribution in [2.75, 3.05) is 20.0 Å². The molecule has 0 bridgehead atoms. The summed E-state index contributed by atoms with van der Waals surface area (Å²) in [6, 6.07) is 3.26. The van der Waals surface area contributed by atoms with Crippen LogP contribution in [0.1, 0.15) is 24.2 Å². The van der Waals surface area contributed by atoms with Crippen LogP contribution in [-0.4, -0.2) is 26.3 Å². The van der Waals surface area contributed by atoms with E-state index in [1.54, 1.807) is 26.0 Å². The Balaban J connectivity index is 3.23. The minimum Gasteiger partial charge on any atom is -0.496 e. The van der Waals surface area contributed by atoms with Gasteiger partial charge < -0.3 is 19.9 Å². The molecular formula is C12H17NO4. The molecule has 0 radical (unpaired) electrons. The number of nitrogen functional groups attached to an aromatic ring is 1. The molecule has 5 heteroatoms. The second-order valence-electron chi connectivity index (χ2n) is 3.71. The lowest BCUT2D eigenvalue weighted by Gasteiger charge is -2.15. The summed E-state index contributed by atoms with van der Waals surface area (Å²) in [5.74, 6) is 0.267. The molecule has 0 atom stereocenters. The van der Waals surface area contributed by atoms with Crippen LogP contribution in [0, 0.1) is 0 Å². The van der Waals surface area contributed by atoms with E-state index >= 15 is 0 Å². The lowest BCUT2D eigenvalue weighted by molar-refractivity contribution is 0.0375. The van der Waals surface area contributed by atoms with Crippen LogP contribution in [0.25, 0.3) is 0 Å². The summed E-state index contributed by atoms with van der Waals surface area (Å²) in [4.78, 5) is 11.9. The van der Waals surface area contributed by atoms with E-state index in [0.29, 0.717) is 11.5 Å². The van der Waals surface area contributed by atoms with E-state index < -0.39 is 5.97 Å². The van der Waals surface area contributed by atoms with Gasteiger partial charge in [0, 0.05) is 0 Å². The van der Waals surface area contributed by atoms with Crippen LogP contribution in [0.3, 0.4) is 0 Å². The lowest BCUT2D eigenvalue weighted by Crippen LogP contribution is -2.15. The second kappa shape index (κ2) is 5.43. The number of benzene rings is 1. The van der Waals surface area contributed by atoms with Gasteiger partial charge in [0.1, 0.15) is 17.1 Å². The highest BCUT2D eigenvalue weighted by Crippen LogP contribution is 2.33. The third-order valence-corrected chi connectivity index (χ3v) is 2.15. The monoisotopic (exact) mass is 239 g/mol. The Kier molecular flexibility index (Phi) is 4.20. The van der Waals surface area contributed by atoms with Crippen molar-refractivity contribution in [3.05, 3.63) is 17.7 Å². The van der Waals surface area contributed by atoms with Gasteiger partial charge in [0.2, 0.25) is 0 Å². The van der Waals surface area contributed by atoms with Crippen molar-refractivity contribution in [2.24, 2.45) is 0 Å². The summed E-state index contributed by atoms with van der Waals surface area (Å²) in [7, 11) is 2.95. The highest BCUT2D eigenvalue weighted by atomic mass is 16.5. The predicted molar refractivity (Wildman–Crippen MR) is 64.5 cm³/mol. The molecule has 0 aliphatic rings. The summed E-state index contributed by atoms with van der Waals surface area (Å²) in [6.07, 6.45) is -0.224. The Morgan fingerprint density at radius 1 is 1.18 bits per heavy atom. The van der Waals surface area contributed by atoms with Crippen molar-refractivity contribution in [3.8, 4) is 11.5 Å². The fraction of sp³-hybridized carbons (Fsp3) is 0.417. The van der Waals surface area contributed by atoms with Gasteiger partial charge in [0.25, 0.3) is 0 Å². The first-order valence-electron chi connectivity index (χ1n) is 5.22. The normalized spacial score (nSPS) is 10.2. The Bertz CT molecular complexity index is 415. The number of esters is 1. The van der Waals surface area contributed by atoms with Gasteiger partial charge >= 0.3 is 5.97 Å². The number of carbonyl (C=O) groups excluding carboxylic acids is 1. The van der Waals surface area contributed by atoms with Crippen LogP contribution in [-0.2, 0) is 4.74 Å². The van der Waals surface area contributed by atoms with Gasteiger partial charge in [-0.2, -0.15) is 0 Å². The third kappa shape index (κ3) is 2.81. The van der Waals surface area contributed by atoms with Crippen LogP contribution in [0.15, 0.2) is 12.1 Å². The molecule has 0 heterocycles. The number of nitrogens with two attached hydrogens (primary N) is 1. The molecular weight excluding hydrogens is 222 g/mol. The molecule has 0 unspecified atom stereocenters. The van der Waals surface area contributed by atoms with Gasteiger partial charge in [-0.1, -0.05) is 0 Å². The van der Waals surface area contributed by atoms with Crippen molar-refractivity contribution in [2.45, 2.75) is 20.0 Å². The van der Waals surface area contributed by atoms with Gasteiger partial charge in [0.15, 0.2) is 0 Å². The van der Waals surface area contributed by atoms with Gasteiger partial charge in [0.05, 0.1) is 26.0 Å². The maximum atomic E-state index is 11.9. The lowest BCUT2D eigenvalue weighted by atomic mass is 10.1. The number of hydrogen-bond acceptors (Lipinski definition) is 5. The van der Waals surface area contributed by atoms with E-state index in [4.69, 9.17) is 19.9 Å². The van der Waals surface area contributed by atoms with E-state index in [9.17, 15) is 4.79 Å². The SMILES string of the molecule is COc1ccc(OC)c(C(=O)OC(C)C)c1N. The van der Waals surface area contributed by atoms with Crippen LogP contribution >= 0.6 is 0 Å². The zero-order valence-corrected chi connectivity index (χ0v) is 10.4. The molecule has 0 amide bonds. The maximum Gasteiger partial charge on any atom is 0.344 e. The first kappa shape index (κ1) is 13.2. The van der Waals surface area contributed by atoms with Crippen LogP contribution in [0.2, 0.25) is 0 Å². The van der Waals surface area contributed by atoms with E-state index in [-0.39, 0.29) is 17.4 Å². The molecule has 0 aliphatic heterocycles. The molecule has 0 saturated heterocycles.